The first-order valence-corrected chi connectivity index (χ1v) is 12.0. The Morgan fingerprint density at radius 2 is 1.96 bits per heavy atom. The molecule has 1 saturated carbocycles. The Balaban J connectivity index is 1.66. The second-order valence-corrected chi connectivity index (χ2v) is 10.7. The Morgan fingerprint density at radius 1 is 1.26 bits per heavy atom. The third-order valence-electron chi connectivity index (χ3n) is 5.14. The first kappa shape index (κ1) is 20.2. The molecular formula is C19H26N2O4S2. The SMILES string of the molecule is C[C@@H](CC(=O)NC1CCCCCC1)S(=O)(=O)c1ccc2c(c1)NC(=O)CS2. The topological polar surface area (TPSA) is 92.3 Å². The van der Waals surface area contributed by atoms with E-state index in [0.29, 0.717) is 11.4 Å². The lowest BCUT2D eigenvalue weighted by Crippen LogP contribution is -2.37. The van der Waals surface area contributed by atoms with Gasteiger partial charge in [0, 0.05) is 17.4 Å². The third-order valence-corrected chi connectivity index (χ3v) is 8.35. The molecule has 1 fully saturated rings. The quantitative estimate of drug-likeness (QED) is 0.728. The zero-order valence-corrected chi connectivity index (χ0v) is 17.1. The van der Waals surface area contributed by atoms with Gasteiger partial charge in [-0.05, 0) is 38.0 Å². The summed E-state index contributed by atoms with van der Waals surface area (Å²) in [6.07, 6.45) is 6.49. The summed E-state index contributed by atoms with van der Waals surface area (Å²) in [4.78, 5) is 24.9. The minimum atomic E-state index is -3.65. The molecule has 148 valence electrons. The van der Waals surface area contributed by atoms with Crippen LogP contribution in [0.4, 0.5) is 5.69 Å². The van der Waals surface area contributed by atoms with Crippen LogP contribution in [0.25, 0.3) is 0 Å². The first-order chi connectivity index (χ1) is 12.9. The number of carbonyl (C=O) groups is 2. The molecule has 1 aromatic rings. The van der Waals surface area contributed by atoms with Crippen molar-refractivity contribution in [1.82, 2.24) is 5.32 Å². The molecule has 1 aliphatic heterocycles. The molecule has 0 saturated heterocycles. The molecule has 3 rings (SSSR count). The molecule has 0 bridgehead atoms. The Labute approximate surface area is 164 Å². The van der Waals surface area contributed by atoms with Gasteiger partial charge in [-0.2, -0.15) is 0 Å². The fourth-order valence-corrected chi connectivity index (χ4v) is 5.72. The molecule has 1 aliphatic carbocycles. The number of sulfone groups is 1. The third kappa shape index (κ3) is 5.04. The van der Waals surface area contributed by atoms with Crippen molar-refractivity contribution in [2.24, 2.45) is 0 Å². The van der Waals surface area contributed by atoms with Gasteiger partial charge in [-0.15, -0.1) is 11.8 Å². The maximum absolute atomic E-state index is 12.9. The van der Waals surface area contributed by atoms with Crippen LogP contribution in [0.5, 0.6) is 0 Å². The highest BCUT2D eigenvalue weighted by Gasteiger charge is 2.28. The Hall–Kier alpha value is -1.54. The number of hydrogen-bond donors (Lipinski definition) is 2. The van der Waals surface area contributed by atoms with Crippen molar-refractivity contribution in [2.75, 3.05) is 11.1 Å². The number of rotatable bonds is 5. The van der Waals surface area contributed by atoms with Crippen LogP contribution >= 0.6 is 11.8 Å². The highest BCUT2D eigenvalue weighted by molar-refractivity contribution is 8.00. The van der Waals surface area contributed by atoms with Gasteiger partial charge < -0.3 is 10.6 Å². The lowest BCUT2D eigenvalue weighted by molar-refractivity contribution is -0.121. The second kappa shape index (κ2) is 8.65. The molecular weight excluding hydrogens is 384 g/mol. The Morgan fingerprint density at radius 3 is 2.67 bits per heavy atom. The molecule has 0 unspecified atom stereocenters. The highest BCUT2D eigenvalue weighted by atomic mass is 32.2. The van der Waals surface area contributed by atoms with E-state index in [9.17, 15) is 18.0 Å². The van der Waals surface area contributed by atoms with Crippen LogP contribution in [0.1, 0.15) is 51.9 Å². The smallest absolute Gasteiger partial charge is 0.234 e. The standard InChI is InChI=1S/C19H26N2O4S2/c1-13(10-18(22)20-14-6-4-2-3-5-7-14)27(24,25)15-8-9-17-16(11-15)21-19(23)12-26-17/h8-9,11,13-14H,2-7,10,12H2,1H3,(H,20,22)(H,21,23)/t13-/m0/s1. The average molecular weight is 411 g/mol. The molecule has 1 atom stereocenters. The van der Waals surface area contributed by atoms with E-state index >= 15 is 0 Å². The lowest BCUT2D eigenvalue weighted by Gasteiger charge is -2.20. The van der Waals surface area contributed by atoms with Gasteiger partial charge in [0.15, 0.2) is 9.84 Å². The predicted molar refractivity (Wildman–Crippen MR) is 107 cm³/mol. The maximum atomic E-state index is 12.9. The van der Waals surface area contributed by atoms with Gasteiger partial charge in [0.05, 0.1) is 21.6 Å². The van der Waals surface area contributed by atoms with Crippen molar-refractivity contribution >= 4 is 39.1 Å². The van der Waals surface area contributed by atoms with Gasteiger partial charge in [0.2, 0.25) is 11.8 Å². The van der Waals surface area contributed by atoms with Crippen LogP contribution < -0.4 is 10.6 Å². The fourth-order valence-electron chi connectivity index (χ4n) is 3.55. The molecule has 1 aromatic carbocycles. The maximum Gasteiger partial charge on any atom is 0.234 e. The van der Waals surface area contributed by atoms with Gasteiger partial charge in [0.25, 0.3) is 0 Å². The first-order valence-electron chi connectivity index (χ1n) is 9.46. The molecule has 6 nitrogen and oxygen atoms in total. The minimum Gasteiger partial charge on any atom is -0.353 e. The van der Waals surface area contributed by atoms with Crippen LogP contribution in [0.15, 0.2) is 28.0 Å². The van der Waals surface area contributed by atoms with Crippen molar-refractivity contribution in [3.63, 3.8) is 0 Å². The van der Waals surface area contributed by atoms with Crippen LogP contribution in [0.2, 0.25) is 0 Å². The average Bonchev–Trinajstić information content (AvgIpc) is 2.89. The summed E-state index contributed by atoms with van der Waals surface area (Å²) in [6, 6.07) is 4.92. The molecule has 0 spiro atoms. The second-order valence-electron chi connectivity index (χ2n) is 7.31. The van der Waals surface area contributed by atoms with E-state index in [1.807, 2.05) is 0 Å². The van der Waals surface area contributed by atoms with Crippen molar-refractivity contribution < 1.29 is 18.0 Å². The van der Waals surface area contributed by atoms with Crippen LogP contribution in [0, 0.1) is 0 Å². The van der Waals surface area contributed by atoms with Crippen molar-refractivity contribution in [2.45, 2.75) is 73.0 Å². The summed E-state index contributed by atoms with van der Waals surface area (Å²) in [5, 5.41) is 4.89. The molecule has 2 aliphatic rings. The Bertz CT molecular complexity index is 815. The number of amides is 2. The van der Waals surface area contributed by atoms with Crippen LogP contribution in [0.3, 0.4) is 0 Å². The van der Waals surface area contributed by atoms with Gasteiger partial charge in [-0.3, -0.25) is 9.59 Å². The van der Waals surface area contributed by atoms with Crippen LogP contribution in [-0.4, -0.2) is 37.3 Å². The molecule has 2 amide bonds. The molecule has 1 heterocycles. The number of fused-ring (bicyclic) bond motifs is 1. The van der Waals surface area contributed by atoms with E-state index in [0.717, 1.165) is 30.6 Å². The summed E-state index contributed by atoms with van der Waals surface area (Å²) in [5.74, 6) is -0.0192. The van der Waals surface area contributed by atoms with E-state index in [4.69, 9.17) is 0 Å². The zero-order valence-electron chi connectivity index (χ0n) is 15.5. The van der Waals surface area contributed by atoms with Gasteiger partial charge in [-0.25, -0.2) is 8.42 Å². The molecule has 0 radical (unpaired) electrons. The monoisotopic (exact) mass is 410 g/mol. The molecule has 2 N–H and O–H groups in total. The molecule has 0 aromatic heterocycles. The Kier molecular flexibility index (Phi) is 6.47. The van der Waals surface area contributed by atoms with E-state index < -0.39 is 15.1 Å². The van der Waals surface area contributed by atoms with Crippen LogP contribution in [-0.2, 0) is 19.4 Å². The summed E-state index contributed by atoms with van der Waals surface area (Å²) in [6.45, 7) is 1.56. The van der Waals surface area contributed by atoms with Gasteiger partial charge in [0.1, 0.15) is 0 Å². The fraction of sp³-hybridized carbons (Fsp3) is 0.579. The van der Waals surface area contributed by atoms with Gasteiger partial charge >= 0.3 is 0 Å². The summed E-state index contributed by atoms with van der Waals surface area (Å²) in [7, 11) is -3.65. The largest absolute Gasteiger partial charge is 0.353 e. The summed E-state index contributed by atoms with van der Waals surface area (Å²) >= 11 is 1.39. The summed E-state index contributed by atoms with van der Waals surface area (Å²) < 4.78 is 25.8. The lowest BCUT2D eigenvalue weighted by atomic mass is 10.1. The predicted octanol–water partition coefficient (Wildman–Crippen LogP) is 3.12. The van der Waals surface area contributed by atoms with E-state index in [-0.39, 0.29) is 29.2 Å². The van der Waals surface area contributed by atoms with Crippen molar-refractivity contribution in [3.8, 4) is 0 Å². The van der Waals surface area contributed by atoms with Crippen molar-refractivity contribution in [1.29, 1.82) is 0 Å². The normalized spacial score (nSPS) is 19.5. The van der Waals surface area contributed by atoms with Gasteiger partial charge in [-0.1, -0.05) is 25.7 Å². The van der Waals surface area contributed by atoms with E-state index in [1.54, 1.807) is 19.1 Å². The number of thioether (sulfide) groups is 1. The minimum absolute atomic E-state index is 0.0585. The molecule has 8 heteroatoms. The van der Waals surface area contributed by atoms with Crippen molar-refractivity contribution in [3.05, 3.63) is 18.2 Å². The summed E-state index contributed by atoms with van der Waals surface area (Å²) in [5.41, 5.74) is 0.521. The van der Waals surface area contributed by atoms with E-state index in [1.165, 1.54) is 30.7 Å². The number of anilines is 1. The zero-order chi connectivity index (χ0) is 19.4. The number of nitrogens with one attached hydrogen (secondary N) is 2. The number of carbonyl (C=O) groups excluding carboxylic acids is 2. The highest BCUT2D eigenvalue weighted by Crippen LogP contribution is 2.34. The number of benzene rings is 1. The van der Waals surface area contributed by atoms with E-state index in [2.05, 4.69) is 10.6 Å². The molecule has 27 heavy (non-hydrogen) atoms. The number of hydrogen-bond acceptors (Lipinski definition) is 5.